The maximum atomic E-state index is 16.1. The van der Waals surface area contributed by atoms with Gasteiger partial charge in [0.25, 0.3) is 11.8 Å². The van der Waals surface area contributed by atoms with E-state index in [9.17, 15) is 57.7 Å². The number of carbonyl (C=O) groups excluding carboxylic acids is 2. The van der Waals surface area contributed by atoms with Crippen LogP contribution in [0.4, 0.5) is 59.7 Å². The van der Waals surface area contributed by atoms with Crippen molar-refractivity contribution in [1.29, 1.82) is 0 Å². The first kappa shape index (κ1) is 38.2. The molecule has 2 atom stereocenters. The van der Waals surface area contributed by atoms with E-state index in [1.165, 1.54) is 24.3 Å². The van der Waals surface area contributed by atoms with Crippen LogP contribution < -0.4 is 10.2 Å². The van der Waals surface area contributed by atoms with E-state index in [0.29, 0.717) is 18.4 Å². The van der Waals surface area contributed by atoms with E-state index in [4.69, 9.17) is 4.55 Å². The second-order valence-corrected chi connectivity index (χ2v) is 12.8. The molecule has 19 heteroatoms. The number of hydrogen-bond acceptors (Lipinski definition) is 3. The molecule has 0 aromatic heterocycles. The SMILES string of the molecule is CC(C1CC1)N(C(=O)c1ccc(CS(=O)O)cc1)c1cccc(C(=O)Nc2c(Br)cc(C(F)(C(F)(F)F)C(F)(F)F)cc2C(F)(F)F)c1F. The first-order valence-electron chi connectivity index (χ1n) is 13.8. The molecule has 0 bridgehead atoms. The molecule has 0 radical (unpaired) electrons. The summed E-state index contributed by atoms with van der Waals surface area (Å²) in [5.74, 6) is -4.17. The van der Waals surface area contributed by atoms with Crippen molar-refractivity contribution in [1.82, 2.24) is 0 Å². The maximum Gasteiger partial charge on any atom is 0.435 e. The van der Waals surface area contributed by atoms with Crippen molar-refractivity contribution in [2.24, 2.45) is 5.92 Å². The van der Waals surface area contributed by atoms with Gasteiger partial charge in [-0.05, 0) is 83.6 Å². The third kappa shape index (κ3) is 7.77. The number of nitrogens with one attached hydrogen (secondary N) is 1. The van der Waals surface area contributed by atoms with Crippen LogP contribution in [0.25, 0.3) is 0 Å². The Labute approximate surface area is 281 Å². The number of alkyl halides is 10. The van der Waals surface area contributed by atoms with Gasteiger partial charge in [0.15, 0.2) is 16.9 Å². The van der Waals surface area contributed by atoms with Gasteiger partial charge in [-0.3, -0.25) is 9.59 Å². The summed E-state index contributed by atoms with van der Waals surface area (Å²) in [4.78, 5) is 27.9. The Balaban J connectivity index is 1.77. The molecule has 3 aromatic rings. The van der Waals surface area contributed by atoms with Gasteiger partial charge in [0.2, 0.25) is 0 Å². The van der Waals surface area contributed by atoms with Gasteiger partial charge in [0.1, 0.15) is 0 Å². The van der Waals surface area contributed by atoms with E-state index >= 15 is 4.39 Å². The van der Waals surface area contributed by atoms with Gasteiger partial charge in [-0.25, -0.2) is 13.0 Å². The fourth-order valence-electron chi connectivity index (χ4n) is 5.03. The van der Waals surface area contributed by atoms with E-state index in [0.717, 1.165) is 23.1 Å². The number of halogens is 12. The molecule has 1 aliphatic carbocycles. The molecule has 1 fully saturated rings. The third-order valence-corrected chi connectivity index (χ3v) is 8.92. The topological polar surface area (TPSA) is 86.7 Å². The molecular weight excluding hydrogens is 773 g/mol. The van der Waals surface area contributed by atoms with Crippen LogP contribution in [0, 0.1) is 11.7 Å². The number of benzene rings is 3. The van der Waals surface area contributed by atoms with Crippen molar-refractivity contribution < 1.29 is 66.6 Å². The van der Waals surface area contributed by atoms with Crippen LogP contribution in [0.1, 0.15) is 57.2 Å². The summed E-state index contributed by atoms with van der Waals surface area (Å²) in [5.41, 5.74) is -13.5. The highest BCUT2D eigenvalue weighted by molar-refractivity contribution is 9.10. The van der Waals surface area contributed by atoms with Gasteiger partial charge < -0.3 is 14.8 Å². The zero-order chi connectivity index (χ0) is 36.9. The van der Waals surface area contributed by atoms with Crippen LogP contribution in [0.5, 0.6) is 0 Å². The van der Waals surface area contributed by atoms with E-state index < -0.39 is 97.6 Å². The zero-order valence-electron chi connectivity index (χ0n) is 24.5. The average molecular weight is 795 g/mol. The van der Waals surface area contributed by atoms with Crippen LogP contribution in [0.15, 0.2) is 59.1 Å². The van der Waals surface area contributed by atoms with Crippen LogP contribution in [-0.4, -0.2) is 39.0 Å². The molecule has 3 aromatic carbocycles. The normalized spacial score (nSPS) is 15.5. The molecule has 49 heavy (non-hydrogen) atoms. The molecular formula is C30H22BrF11N2O4S. The third-order valence-electron chi connectivity index (χ3n) is 7.72. The molecule has 6 nitrogen and oxygen atoms in total. The zero-order valence-corrected chi connectivity index (χ0v) is 26.9. The van der Waals surface area contributed by atoms with Crippen molar-refractivity contribution in [2.75, 3.05) is 10.2 Å². The van der Waals surface area contributed by atoms with E-state index in [1.807, 2.05) is 0 Å². The van der Waals surface area contributed by atoms with Gasteiger partial charge in [0, 0.05) is 21.6 Å². The molecule has 1 aliphatic rings. The minimum absolute atomic E-state index is 0.00900. The second-order valence-electron chi connectivity index (χ2n) is 11.0. The highest BCUT2D eigenvalue weighted by Gasteiger charge is 2.73. The molecule has 2 amide bonds. The Bertz CT molecular complexity index is 1760. The number of anilines is 2. The molecule has 0 heterocycles. The lowest BCUT2D eigenvalue weighted by Crippen LogP contribution is -2.50. The number of amides is 2. The van der Waals surface area contributed by atoms with Gasteiger partial charge in [-0.1, -0.05) is 18.2 Å². The van der Waals surface area contributed by atoms with Gasteiger partial charge in [0.05, 0.1) is 28.3 Å². The summed E-state index contributed by atoms with van der Waals surface area (Å²) in [7, 11) is 0. The second kappa shape index (κ2) is 13.6. The van der Waals surface area contributed by atoms with E-state index in [2.05, 4.69) is 15.9 Å². The monoisotopic (exact) mass is 794 g/mol. The first-order chi connectivity index (χ1) is 22.5. The van der Waals surface area contributed by atoms with Crippen molar-refractivity contribution in [3.05, 3.63) is 92.7 Å². The van der Waals surface area contributed by atoms with Crippen molar-refractivity contribution in [2.45, 2.75) is 55.8 Å². The standard InChI is InChI=1S/C30H22BrF11N2O4S/c1-14(16-9-10-16)44(26(46)17-7-5-15(6-8-17)13-49(47)48)22-4-2-3-19(23(22)32)25(45)43-24-20(28(34,35)36)11-18(12-21(24)31)27(33,29(37,38)39)30(40,41)42/h2-8,11-12,14,16H,9-10,13H2,1H3,(H,43,45)(H,47,48). The molecule has 266 valence electrons. The smallest absolute Gasteiger partial charge is 0.320 e. The summed E-state index contributed by atoms with van der Waals surface area (Å²) in [6.45, 7) is 1.59. The number of rotatable bonds is 9. The lowest BCUT2D eigenvalue weighted by molar-refractivity contribution is -0.348. The minimum Gasteiger partial charge on any atom is -0.320 e. The lowest BCUT2D eigenvalue weighted by atomic mass is 9.92. The molecule has 0 saturated heterocycles. The Morgan fingerprint density at radius 3 is 2.02 bits per heavy atom. The van der Waals surface area contributed by atoms with Crippen molar-refractivity contribution >= 4 is 50.2 Å². The van der Waals surface area contributed by atoms with E-state index in [-0.39, 0.29) is 23.3 Å². The summed E-state index contributed by atoms with van der Waals surface area (Å²) in [6, 6.07) is 6.73. The highest BCUT2D eigenvalue weighted by atomic mass is 79.9. The number of nitrogens with zero attached hydrogens (tertiary/aromatic N) is 1. The largest absolute Gasteiger partial charge is 0.435 e. The van der Waals surface area contributed by atoms with Crippen LogP contribution in [0.3, 0.4) is 0 Å². The van der Waals surface area contributed by atoms with Crippen LogP contribution in [0.2, 0.25) is 0 Å². The highest BCUT2D eigenvalue weighted by Crippen LogP contribution is 2.55. The Morgan fingerprint density at radius 2 is 1.53 bits per heavy atom. The molecule has 2 N–H and O–H groups in total. The molecule has 1 saturated carbocycles. The first-order valence-corrected chi connectivity index (χ1v) is 15.9. The summed E-state index contributed by atoms with van der Waals surface area (Å²) < 4.78 is 172. The molecule has 4 rings (SSSR count). The molecule has 0 spiro atoms. The summed E-state index contributed by atoms with van der Waals surface area (Å²) >= 11 is 0.206. The van der Waals surface area contributed by atoms with Crippen LogP contribution in [-0.2, 0) is 28.7 Å². The van der Waals surface area contributed by atoms with E-state index in [1.54, 1.807) is 12.2 Å². The van der Waals surface area contributed by atoms with Crippen LogP contribution >= 0.6 is 15.9 Å². The van der Waals surface area contributed by atoms with Crippen molar-refractivity contribution in [3.8, 4) is 0 Å². The lowest BCUT2D eigenvalue weighted by Gasteiger charge is -2.31. The Morgan fingerprint density at radius 1 is 0.959 bits per heavy atom. The summed E-state index contributed by atoms with van der Waals surface area (Å²) in [5, 5.41) is 1.63. The van der Waals surface area contributed by atoms with Gasteiger partial charge >= 0.3 is 24.2 Å². The Hall–Kier alpha value is -3.58. The average Bonchev–Trinajstić information content (AvgIpc) is 3.82. The number of hydrogen-bond donors (Lipinski definition) is 2. The number of carbonyl (C=O) groups is 2. The quantitative estimate of drug-likeness (QED) is 0.167. The predicted molar refractivity (Wildman–Crippen MR) is 158 cm³/mol. The molecule has 0 aliphatic heterocycles. The molecule has 2 unspecified atom stereocenters. The van der Waals surface area contributed by atoms with Gasteiger partial charge in [-0.2, -0.15) is 39.5 Å². The summed E-state index contributed by atoms with van der Waals surface area (Å²) in [6.07, 6.45) is -17.9. The minimum atomic E-state index is -6.75. The fraction of sp³-hybridized carbons (Fsp3) is 0.333. The maximum absolute atomic E-state index is 16.1. The fourth-order valence-corrected chi connectivity index (χ4v) is 6.07. The predicted octanol–water partition coefficient (Wildman–Crippen LogP) is 9.32. The Kier molecular flexibility index (Phi) is 10.6. The van der Waals surface area contributed by atoms with Crippen molar-refractivity contribution in [3.63, 3.8) is 0 Å². The van der Waals surface area contributed by atoms with Gasteiger partial charge in [-0.15, -0.1) is 0 Å².